The number of piperazine rings is 1. The van der Waals surface area contributed by atoms with Crippen molar-refractivity contribution in [3.05, 3.63) is 29.3 Å². The number of ketones is 1. The van der Waals surface area contributed by atoms with Crippen LogP contribution in [0.2, 0.25) is 0 Å². The zero-order valence-corrected chi connectivity index (χ0v) is 13.7. The summed E-state index contributed by atoms with van der Waals surface area (Å²) >= 11 is 0. The second-order valence-electron chi connectivity index (χ2n) is 6.53. The second kappa shape index (κ2) is 6.48. The van der Waals surface area contributed by atoms with Crippen molar-refractivity contribution in [1.29, 1.82) is 0 Å². The molecule has 1 heterocycles. The van der Waals surface area contributed by atoms with Crippen molar-refractivity contribution in [2.45, 2.75) is 33.3 Å². The molecule has 5 heteroatoms. The van der Waals surface area contributed by atoms with E-state index in [1.807, 2.05) is 26.8 Å². The van der Waals surface area contributed by atoms with Gasteiger partial charge in [-0.25, -0.2) is 4.79 Å². The minimum atomic E-state index is -0.587. The summed E-state index contributed by atoms with van der Waals surface area (Å²) in [5.41, 5.74) is 1.12. The molecule has 0 atom stereocenters. The average molecular weight is 304 g/mol. The number of ether oxygens (including phenoxy) is 1. The highest BCUT2D eigenvalue weighted by Gasteiger charge is 2.23. The molecule has 1 aliphatic heterocycles. The molecule has 5 nitrogen and oxygen atoms in total. The van der Waals surface area contributed by atoms with Crippen molar-refractivity contribution in [2.24, 2.45) is 0 Å². The van der Waals surface area contributed by atoms with Crippen LogP contribution in [-0.2, 0) is 4.74 Å². The molecule has 1 aliphatic rings. The molecule has 120 valence electrons. The van der Waals surface area contributed by atoms with Gasteiger partial charge in [0, 0.05) is 37.4 Å². The molecule has 0 aliphatic carbocycles. The van der Waals surface area contributed by atoms with E-state index >= 15 is 0 Å². The first kappa shape index (κ1) is 16.5. The van der Waals surface area contributed by atoms with Crippen LogP contribution in [-0.4, -0.2) is 43.5 Å². The Balaban J connectivity index is 2.35. The number of Topliss-reactive ketones (excluding diaryl/α,β-unsaturated/α-hetero) is 1. The van der Waals surface area contributed by atoms with Crippen LogP contribution in [0.5, 0.6) is 0 Å². The molecule has 0 aromatic heterocycles. The van der Waals surface area contributed by atoms with Gasteiger partial charge in [-0.3, -0.25) is 4.79 Å². The van der Waals surface area contributed by atoms with E-state index in [1.54, 1.807) is 12.1 Å². The van der Waals surface area contributed by atoms with Gasteiger partial charge in [0.05, 0.1) is 5.56 Å². The molecule has 0 unspecified atom stereocenters. The third-order valence-corrected chi connectivity index (χ3v) is 3.48. The van der Waals surface area contributed by atoms with E-state index in [9.17, 15) is 9.59 Å². The Kier molecular flexibility index (Phi) is 4.86. The molecule has 2 rings (SSSR count). The number of anilines is 1. The molecule has 1 fully saturated rings. The molecule has 1 saturated heterocycles. The maximum atomic E-state index is 12.4. The molecule has 1 aromatic rings. The van der Waals surface area contributed by atoms with Crippen LogP contribution >= 0.6 is 0 Å². The highest BCUT2D eigenvalue weighted by atomic mass is 16.6. The molecule has 1 aromatic carbocycles. The summed E-state index contributed by atoms with van der Waals surface area (Å²) < 4.78 is 5.43. The number of carbonyl (C=O) groups excluding carboxylic acids is 2. The van der Waals surface area contributed by atoms with Gasteiger partial charge in [0.1, 0.15) is 5.60 Å². The standard InChI is InChI=1S/C17H24N2O3/c1-12(20)14-6-5-13(19-9-7-18-8-10-19)11-15(14)16(21)22-17(2,3)4/h5-6,11,18H,7-10H2,1-4H3. The van der Waals surface area contributed by atoms with E-state index in [4.69, 9.17) is 4.74 Å². The Morgan fingerprint density at radius 2 is 1.77 bits per heavy atom. The van der Waals surface area contributed by atoms with Crippen LogP contribution in [0.4, 0.5) is 5.69 Å². The molecule has 0 amide bonds. The van der Waals surface area contributed by atoms with Crippen molar-refractivity contribution in [1.82, 2.24) is 5.32 Å². The van der Waals surface area contributed by atoms with E-state index in [1.165, 1.54) is 6.92 Å². The lowest BCUT2D eigenvalue weighted by molar-refractivity contribution is 0.00678. The molecular formula is C17H24N2O3. The summed E-state index contributed by atoms with van der Waals surface area (Å²) in [7, 11) is 0. The van der Waals surface area contributed by atoms with Crippen molar-refractivity contribution in [3.8, 4) is 0 Å². The maximum absolute atomic E-state index is 12.4. The first-order chi connectivity index (χ1) is 10.3. The quantitative estimate of drug-likeness (QED) is 0.685. The van der Waals surface area contributed by atoms with Gasteiger partial charge in [0.2, 0.25) is 0 Å². The minimum absolute atomic E-state index is 0.132. The fourth-order valence-electron chi connectivity index (χ4n) is 2.46. The second-order valence-corrected chi connectivity index (χ2v) is 6.53. The number of benzene rings is 1. The Morgan fingerprint density at radius 3 is 2.32 bits per heavy atom. The van der Waals surface area contributed by atoms with Crippen LogP contribution in [0.1, 0.15) is 48.4 Å². The number of hydrogen-bond donors (Lipinski definition) is 1. The minimum Gasteiger partial charge on any atom is -0.456 e. The van der Waals surface area contributed by atoms with Crippen LogP contribution in [0.3, 0.4) is 0 Å². The number of hydrogen-bond acceptors (Lipinski definition) is 5. The summed E-state index contributed by atoms with van der Waals surface area (Å²) in [6.45, 7) is 10.5. The Morgan fingerprint density at radius 1 is 1.14 bits per heavy atom. The molecule has 0 radical (unpaired) electrons. The van der Waals surface area contributed by atoms with Gasteiger partial charge in [-0.1, -0.05) is 0 Å². The van der Waals surface area contributed by atoms with E-state index in [2.05, 4.69) is 10.2 Å². The average Bonchev–Trinajstić information content (AvgIpc) is 2.45. The topological polar surface area (TPSA) is 58.6 Å². The first-order valence-corrected chi connectivity index (χ1v) is 7.62. The van der Waals surface area contributed by atoms with Crippen LogP contribution in [0, 0.1) is 0 Å². The van der Waals surface area contributed by atoms with Gasteiger partial charge >= 0.3 is 5.97 Å². The summed E-state index contributed by atoms with van der Waals surface area (Å²) in [5, 5.41) is 3.30. The maximum Gasteiger partial charge on any atom is 0.339 e. The summed E-state index contributed by atoms with van der Waals surface area (Å²) in [6, 6.07) is 5.39. The number of rotatable bonds is 3. The van der Waals surface area contributed by atoms with E-state index in [0.29, 0.717) is 11.1 Å². The Hall–Kier alpha value is -1.88. The van der Waals surface area contributed by atoms with Gasteiger partial charge in [-0.15, -0.1) is 0 Å². The van der Waals surface area contributed by atoms with E-state index in [-0.39, 0.29) is 5.78 Å². The Bertz CT molecular complexity index is 570. The van der Waals surface area contributed by atoms with Crippen LogP contribution in [0.25, 0.3) is 0 Å². The van der Waals surface area contributed by atoms with Gasteiger partial charge < -0.3 is 15.0 Å². The highest BCUT2D eigenvalue weighted by Crippen LogP contribution is 2.23. The fraction of sp³-hybridized carbons (Fsp3) is 0.529. The fourth-order valence-corrected chi connectivity index (χ4v) is 2.46. The van der Waals surface area contributed by atoms with Crippen molar-refractivity contribution < 1.29 is 14.3 Å². The van der Waals surface area contributed by atoms with Crippen LogP contribution < -0.4 is 10.2 Å². The third-order valence-electron chi connectivity index (χ3n) is 3.48. The number of esters is 1. The van der Waals surface area contributed by atoms with Gasteiger partial charge in [0.15, 0.2) is 5.78 Å². The zero-order chi connectivity index (χ0) is 16.3. The van der Waals surface area contributed by atoms with Crippen molar-refractivity contribution in [2.75, 3.05) is 31.1 Å². The highest BCUT2D eigenvalue weighted by molar-refractivity contribution is 6.06. The van der Waals surface area contributed by atoms with E-state index < -0.39 is 11.6 Å². The number of nitrogens with one attached hydrogen (secondary N) is 1. The monoisotopic (exact) mass is 304 g/mol. The largest absolute Gasteiger partial charge is 0.456 e. The zero-order valence-electron chi connectivity index (χ0n) is 13.7. The lowest BCUT2D eigenvalue weighted by atomic mass is 10.0. The molecular weight excluding hydrogens is 280 g/mol. The summed E-state index contributed by atoms with van der Waals surface area (Å²) in [4.78, 5) is 26.4. The van der Waals surface area contributed by atoms with Gasteiger partial charge in [-0.2, -0.15) is 0 Å². The molecule has 22 heavy (non-hydrogen) atoms. The van der Waals surface area contributed by atoms with Crippen molar-refractivity contribution >= 4 is 17.4 Å². The smallest absolute Gasteiger partial charge is 0.339 e. The predicted molar refractivity (Wildman–Crippen MR) is 86.7 cm³/mol. The number of nitrogens with zero attached hydrogens (tertiary/aromatic N) is 1. The Labute approximate surface area is 131 Å². The first-order valence-electron chi connectivity index (χ1n) is 7.62. The normalized spacial score (nSPS) is 15.5. The SMILES string of the molecule is CC(=O)c1ccc(N2CCNCC2)cc1C(=O)OC(C)(C)C. The van der Waals surface area contributed by atoms with Crippen molar-refractivity contribution in [3.63, 3.8) is 0 Å². The van der Waals surface area contributed by atoms with E-state index in [0.717, 1.165) is 31.9 Å². The van der Waals surface area contributed by atoms with Gasteiger partial charge in [-0.05, 0) is 45.9 Å². The number of carbonyl (C=O) groups is 2. The van der Waals surface area contributed by atoms with Gasteiger partial charge in [0.25, 0.3) is 0 Å². The molecule has 0 saturated carbocycles. The molecule has 1 N–H and O–H groups in total. The molecule has 0 spiro atoms. The molecule has 0 bridgehead atoms. The predicted octanol–water partition coefficient (Wildman–Crippen LogP) is 2.25. The third kappa shape index (κ3) is 4.07. The summed E-state index contributed by atoms with van der Waals surface area (Å²) in [5.74, 6) is -0.581. The van der Waals surface area contributed by atoms with Crippen LogP contribution in [0.15, 0.2) is 18.2 Å². The lowest BCUT2D eigenvalue weighted by Gasteiger charge is -2.30. The summed E-state index contributed by atoms with van der Waals surface area (Å²) in [6.07, 6.45) is 0. The lowest BCUT2D eigenvalue weighted by Crippen LogP contribution is -2.43.